The lowest BCUT2D eigenvalue weighted by Gasteiger charge is -2.09. The highest BCUT2D eigenvalue weighted by atomic mass is 19.2. The minimum absolute atomic E-state index is 0.219. The molecule has 7 heteroatoms. The van der Waals surface area contributed by atoms with Crippen LogP contribution in [0, 0.1) is 24.4 Å². The summed E-state index contributed by atoms with van der Waals surface area (Å²) in [6, 6.07) is 3.92. The number of pyridine rings is 1. The molecule has 4 nitrogen and oxygen atoms in total. The monoisotopic (exact) mass is 295 g/mol. The average molecular weight is 295 g/mol. The topological polar surface area (TPSA) is 54.0 Å². The van der Waals surface area contributed by atoms with Gasteiger partial charge in [0, 0.05) is 30.4 Å². The molecule has 2 N–H and O–H groups in total. The molecule has 2 rings (SSSR count). The van der Waals surface area contributed by atoms with E-state index < -0.39 is 29.0 Å². The molecule has 0 saturated heterocycles. The van der Waals surface area contributed by atoms with Crippen molar-refractivity contribution in [3.63, 3.8) is 0 Å². The molecule has 2 aromatic rings. The Morgan fingerprint density at radius 3 is 2.38 bits per heavy atom. The largest absolute Gasteiger partial charge is 0.373 e. The van der Waals surface area contributed by atoms with E-state index in [1.54, 1.807) is 14.0 Å². The molecule has 0 bridgehead atoms. The maximum absolute atomic E-state index is 13.5. The Hall–Kier alpha value is -2.57. The van der Waals surface area contributed by atoms with Gasteiger partial charge in [0.1, 0.15) is 11.6 Å². The van der Waals surface area contributed by atoms with E-state index in [9.17, 15) is 18.0 Å². The molecule has 0 radical (unpaired) electrons. The Morgan fingerprint density at radius 1 is 1.05 bits per heavy atom. The van der Waals surface area contributed by atoms with Crippen LogP contribution in [0.4, 0.5) is 24.7 Å². The zero-order valence-corrected chi connectivity index (χ0v) is 11.3. The van der Waals surface area contributed by atoms with Gasteiger partial charge < -0.3 is 10.6 Å². The molecular weight excluding hydrogens is 283 g/mol. The number of hydrogen-bond acceptors (Lipinski definition) is 3. The molecule has 21 heavy (non-hydrogen) atoms. The van der Waals surface area contributed by atoms with Crippen LogP contribution >= 0.6 is 0 Å². The van der Waals surface area contributed by atoms with Gasteiger partial charge in [-0.15, -0.1) is 0 Å². The Labute approximate surface area is 119 Å². The standard InChI is InChI=1S/C14H12F3N3O/c1-7-3-8(4-13(18-2)19-7)14(21)20-12-6-10(16)9(15)5-11(12)17/h3-6H,1-2H3,(H,18,19)(H,20,21). The van der Waals surface area contributed by atoms with Gasteiger partial charge in [-0.25, -0.2) is 18.2 Å². The minimum atomic E-state index is -1.32. The molecule has 1 amide bonds. The van der Waals surface area contributed by atoms with Crippen LogP contribution < -0.4 is 10.6 Å². The third-order valence-electron chi connectivity index (χ3n) is 2.73. The molecule has 1 aromatic carbocycles. The fraction of sp³-hybridized carbons (Fsp3) is 0.143. The molecule has 1 aromatic heterocycles. The van der Waals surface area contributed by atoms with Crippen molar-refractivity contribution in [3.05, 3.63) is 53.0 Å². The van der Waals surface area contributed by atoms with Crippen LogP contribution in [0.5, 0.6) is 0 Å². The van der Waals surface area contributed by atoms with Gasteiger partial charge in [0.25, 0.3) is 5.91 Å². The maximum Gasteiger partial charge on any atom is 0.255 e. The lowest BCUT2D eigenvalue weighted by Crippen LogP contribution is -2.14. The second-order valence-electron chi connectivity index (χ2n) is 4.33. The van der Waals surface area contributed by atoms with Gasteiger partial charge in [-0.05, 0) is 19.1 Å². The zero-order chi connectivity index (χ0) is 15.6. The third-order valence-corrected chi connectivity index (χ3v) is 2.73. The smallest absolute Gasteiger partial charge is 0.255 e. The van der Waals surface area contributed by atoms with Crippen LogP contribution in [-0.2, 0) is 0 Å². The zero-order valence-electron chi connectivity index (χ0n) is 11.3. The second kappa shape index (κ2) is 5.82. The van der Waals surface area contributed by atoms with Gasteiger partial charge in [0.2, 0.25) is 0 Å². The van der Waals surface area contributed by atoms with E-state index in [0.717, 1.165) is 0 Å². The summed E-state index contributed by atoms with van der Waals surface area (Å²) in [6.45, 7) is 1.69. The first-order valence-corrected chi connectivity index (χ1v) is 6.03. The van der Waals surface area contributed by atoms with Crippen LogP contribution in [0.15, 0.2) is 24.3 Å². The predicted octanol–water partition coefficient (Wildman–Crippen LogP) is 3.10. The van der Waals surface area contributed by atoms with E-state index in [1.807, 2.05) is 0 Å². The quantitative estimate of drug-likeness (QED) is 0.856. The molecule has 0 saturated carbocycles. The molecule has 1 heterocycles. The normalized spacial score (nSPS) is 10.3. The van der Waals surface area contributed by atoms with E-state index in [1.165, 1.54) is 12.1 Å². The lowest BCUT2D eigenvalue weighted by molar-refractivity contribution is 0.102. The highest BCUT2D eigenvalue weighted by Gasteiger charge is 2.14. The number of carbonyl (C=O) groups excluding carboxylic acids is 1. The predicted molar refractivity (Wildman–Crippen MR) is 72.8 cm³/mol. The fourth-order valence-electron chi connectivity index (χ4n) is 1.74. The maximum atomic E-state index is 13.5. The van der Waals surface area contributed by atoms with Gasteiger partial charge >= 0.3 is 0 Å². The summed E-state index contributed by atoms with van der Waals surface area (Å²) in [5.74, 6) is -3.80. The summed E-state index contributed by atoms with van der Waals surface area (Å²) in [7, 11) is 1.64. The van der Waals surface area contributed by atoms with Crippen LogP contribution in [0.1, 0.15) is 16.1 Å². The Kier molecular flexibility index (Phi) is 4.11. The summed E-state index contributed by atoms with van der Waals surface area (Å²) in [4.78, 5) is 16.1. The number of aryl methyl sites for hydroxylation is 1. The minimum Gasteiger partial charge on any atom is -0.373 e. The fourth-order valence-corrected chi connectivity index (χ4v) is 1.74. The Bertz CT molecular complexity index is 704. The highest BCUT2D eigenvalue weighted by molar-refractivity contribution is 6.04. The number of amides is 1. The van der Waals surface area contributed by atoms with Gasteiger partial charge in [-0.2, -0.15) is 0 Å². The number of nitrogens with one attached hydrogen (secondary N) is 2. The van der Waals surface area contributed by atoms with Gasteiger partial charge in [0.05, 0.1) is 5.69 Å². The average Bonchev–Trinajstić information content (AvgIpc) is 2.43. The number of hydrogen-bond donors (Lipinski definition) is 2. The summed E-state index contributed by atoms with van der Waals surface area (Å²) in [5.41, 5.74) is 0.369. The first kappa shape index (κ1) is 14.8. The first-order valence-electron chi connectivity index (χ1n) is 6.03. The summed E-state index contributed by atoms with van der Waals surface area (Å²) in [6.07, 6.45) is 0. The van der Waals surface area contributed by atoms with Crippen molar-refractivity contribution in [1.82, 2.24) is 4.98 Å². The van der Waals surface area contributed by atoms with Crippen LogP contribution in [-0.4, -0.2) is 17.9 Å². The van der Waals surface area contributed by atoms with Crippen LogP contribution in [0.25, 0.3) is 0 Å². The number of rotatable bonds is 3. The number of aromatic nitrogens is 1. The molecule has 110 valence electrons. The molecule has 0 aliphatic heterocycles. The number of anilines is 2. The summed E-state index contributed by atoms with van der Waals surface area (Å²) < 4.78 is 39.4. The van der Waals surface area contributed by atoms with Crippen molar-refractivity contribution >= 4 is 17.4 Å². The molecule has 0 fully saturated rings. The summed E-state index contributed by atoms with van der Waals surface area (Å²) in [5, 5.41) is 4.98. The molecule has 0 spiro atoms. The number of carbonyl (C=O) groups is 1. The van der Waals surface area contributed by atoms with Gasteiger partial charge in [-0.1, -0.05) is 0 Å². The van der Waals surface area contributed by atoms with E-state index in [-0.39, 0.29) is 5.56 Å². The SMILES string of the molecule is CNc1cc(C(=O)Nc2cc(F)c(F)cc2F)cc(C)n1. The van der Waals surface area contributed by atoms with Crippen LogP contribution in [0.2, 0.25) is 0 Å². The van der Waals surface area contributed by atoms with E-state index >= 15 is 0 Å². The second-order valence-corrected chi connectivity index (χ2v) is 4.33. The van der Waals surface area contributed by atoms with Crippen molar-refractivity contribution in [2.24, 2.45) is 0 Å². The lowest BCUT2D eigenvalue weighted by atomic mass is 10.2. The van der Waals surface area contributed by atoms with Crippen LogP contribution in [0.3, 0.4) is 0 Å². The molecule has 0 atom stereocenters. The van der Waals surface area contributed by atoms with Gasteiger partial charge in [0.15, 0.2) is 11.6 Å². The first-order chi connectivity index (χ1) is 9.90. The highest BCUT2D eigenvalue weighted by Crippen LogP contribution is 2.20. The Morgan fingerprint density at radius 2 is 1.71 bits per heavy atom. The Balaban J connectivity index is 2.30. The van der Waals surface area contributed by atoms with Gasteiger partial charge in [-0.3, -0.25) is 4.79 Å². The van der Waals surface area contributed by atoms with Crippen molar-refractivity contribution < 1.29 is 18.0 Å². The molecular formula is C14H12F3N3O. The third kappa shape index (κ3) is 3.31. The molecule has 0 aliphatic carbocycles. The number of benzene rings is 1. The summed E-state index contributed by atoms with van der Waals surface area (Å²) >= 11 is 0. The van der Waals surface area contributed by atoms with Crippen molar-refractivity contribution in [3.8, 4) is 0 Å². The molecule has 0 aliphatic rings. The van der Waals surface area contributed by atoms with Crippen molar-refractivity contribution in [2.75, 3.05) is 17.7 Å². The van der Waals surface area contributed by atoms with E-state index in [2.05, 4.69) is 15.6 Å². The number of nitrogens with zero attached hydrogens (tertiary/aromatic N) is 1. The van der Waals surface area contributed by atoms with E-state index in [0.29, 0.717) is 23.6 Å². The number of halogens is 3. The van der Waals surface area contributed by atoms with E-state index in [4.69, 9.17) is 0 Å². The molecule has 0 unspecified atom stereocenters. The van der Waals surface area contributed by atoms with Crippen molar-refractivity contribution in [2.45, 2.75) is 6.92 Å². The van der Waals surface area contributed by atoms with Crippen molar-refractivity contribution in [1.29, 1.82) is 0 Å².